The van der Waals surface area contributed by atoms with Gasteiger partial charge in [-0.05, 0) is 12.1 Å². The van der Waals surface area contributed by atoms with Crippen LogP contribution in [0.15, 0.2) is 30.3 Å². The summed E-state index contributed by atoms with van der Waals surface area (Å²) in [6.45, 7) is 0. The highest BCUT2D eigenvalue weighted by Crippen LogP contribution is 1.97. The maximum absolute atomic E-state index is 10.7. The minimum atomic E-state index is -0.430. The van der Waals surface area contributed by atoms with E-state index in [4.69, 9.17) is 0 Å². The molecule has 0 saturated heterocycles. The minimum Gasteiger partial charge on any atom is -0.215 e. The van der Waals surface area contributed by atoms with Crippen molar-refractivity contribution in [2.45, 2.75) is 0 Å². The summed E-state index contributed by atoms with van der Waals surface area (Å²) in [4.78, 5) is 10.7. The number of rotatable bonds is 1. The van der Waals surface area contributed by atoms with Crippen LogP contribution in [0.5, 0.6) is 0 Å². The van der Waals surface area contributed by atoms with Crippen LogP contribution in [-0.4, -0.2) is 5.12 Å². The van der Waals surface area contributed by atoms with Crippen molar-refractivity contribution in [3.05, 3.63) is 35.9 Å². The third kappa shape index (κ3) is 1.45. The molecule has 3 heteroatoms. The number of benzene rings is 1. The second-order valence-electron chi connectivity index (χ2n) is 1.74. The van der Waals surface area contributed by atoms with Crippen molar-refractivity contribution in [1.82, 2.24) is 0 Å². The Morgan fingerprint density at radius 3 is 2.30 bits per heavy atom. The van der Waals surface area contributed by atoms with Crippen molar-refractivity contribution >= 4 is 16.8 Å². The molecule has 0 bridgehead atoms. The number of hydrogen-bond acceptors (Lipinski definition) is 2. The normalized spacial score (nSPS) is 8.80. The fraction of sp³-hybridized carbons (Fsp3) is 0. The van der Waals surface area contributed by atoms with E-state index in [1.165, 1.54) is 0 Å². The van der Waals surface area contributed by atoms with Crippen LogP contribution in [0.2, 0.25) is 0 Å². The molecule has 10 heavy (non-hydrogen) atoms. The van der Waals surface area contributed by atoms with Crippen molar-refractivity contribution in [2.24, 2.45) is 0 Å². The van der Waals surface area contributed by atoms with E-state index in [9.17, 15) is 9.00 Å². The van der Waals surface area contributed by atoms with E-state index in [1.54, 1.807) is 30.3 Å². The van der Waals surface area contributed by atoms with Crippen LogP contribution in [0.3, 0.4) is 0 Å². The first-order valence-electron chi connectivity index (χ1n) is 2.74. The molecule has 1 aromatic rings. The summed E-state index contributed by atoms with van der Waals surface area (Å²) in [7, 11) is 0. The lowest BCUT2D eigenvalue weighted by Crippen LogP contribution is -1.93. The quantitative estimate of drug-likeness (QED) is 0.569. The number of carbonyl (C=O) groups is 1. The molecule has 0 spiro atoms. The summed E-state index contributed by atoms with van der Waals surface area (Å²) in [6.07, 6.45) is 0. The van der Waals surface area contributed by atoms with E-state index in [0.29, 0.717) is 5.56 Å². The maximum atomic E-state index is 10.7. The van der Waals surface area contributed by atoms with Crippen molar-refractivity contribution in [3.63, 3.8) is 0 Å². The van der Waals surface area contributed by atoms with Crippen LogP contribution in [0, 0.1) is 0 Å². The second-order valence-corrected chi connectivity index (χ2v) is 2.27. The molecule has 2 nitrogen and oxygen atoms in total. The molecular weight excluding hydrogens is 148 g/mol. The molecule has 0 N–H and O–H groups in total. The molecule has 0 heterocycles. The maximum Gasteiger partial charge on any atom is 0.551 e. The van der Waals surface area contributed by atoms with Crippen molar-refractivity contribution in [3.8, 4) is 0 Å². The van der Waals surface area contributed by atoms with Gasteiger partial charge in [0.15, 0.2) is 0 Å². The van der Waals surface area contributed by atoms with E-state index in [2.05, 4.69) is 0 Å². The molecule has 0 atom stereocenters. The molecule has 0 aliphatic heterocycles. The van der Waals surface area contributed by atoms with Crippen LogP contribution in [0.25, 0.3) is 0 Å². The Morgan fingerprint density at radius 1 is 1.20 bits per heavy atom. The fourth-order valence-electron chi connectivity index (χ4n) is 0.622. The molecule has 0 amide bonds. The molecule has 1 aromatic carbocycles. The molecule has 0 aliphatic carbocycles. The van der Waals surface area contributed by atoms with Gasteiger partial charge >= 0.3 is 16.8 Å². The van der Waals surface area contributed by atoms with Crippen molar-refractivity contribution in [2.75, 3.05) is 0 Å². The molecule has 50 valence electrons. The second kappa shape index (κ2) is 3.17. The topological polar surface area (TPSA) is 34.1 Å². The summed E-state index contributed by atoms with van der Waals surface area (Å²) in [5.74, 6) is 0. The van der Waals surface area contributed by atoms with Gasteiger partial charge in [0.25, 0.3) is 0 Å². The van der Waals surface area contributed by atoms with Gasteiger partial charge in [0.05, 0.1) is 5.56 Å². The van der Waals surface area contributed by atoms with Gasteiger partial charge in [0.1, 0.15) is 0 Å². The lowest BCUT2D eigenvalue weighted by molar-refractivity contribution is 0.108. The van der Waals surface area contributed by atoms with Gasteiger partial charge in [-0.2, -0.15) is 0 Å². The van der Waals surface area contributed by atoms with E-state index in [-0.39, 0.29) is 11.7 Å². The largest absolute Gasteiger partial charge is 0.551 e. The molecule has 1 rings (SSSR count). The van der Waals surface area contributed by atoms with Crippen LogP contribution in [0.4, 0.5) is 0 Å². The zero-order chi connectivity index (χ0) is 7.40. The third-order valence-corrected chi connectivity index (χ3v) is 1.47. The first kappa shape index (κ1) is 7.02. The lowest BCUT2D eigenvalue weighted by atomic mass is 10.2. The molecule has 0 fully saturated rings. The highest BCUT2D eigenvalue weighted by atomic mass is 32.1. The first-order chi connectivity index (χ1) is 4.84. The molecule has 0 unspecified atom stereocenters. The average molecular weight is 153 g/mol. The highest BCUT2D eigenvalue weighted by molar-refractivity contribution is 7.83. The van der Waals surface area contributed by atoms with E-state index < -0.39 is 5.12 Å². The third-order valence-electron chi connectivity index (χ3n) is 1.09. The van der Waals surface area contributed by atoms with Gasteiger partial charge in [-0.3, -0.25) is 0 Å². The Bertz CT molecular complexity index is 243. The highest BCUT2D eigenvalue weighted by Gasteiger charge is 2.17. The zero-order valence-corrected chi connectivity index (χ0v) is 5.93. The predicted molar refractivity (Wildman–Crippen MR) is 38.8 cm³/mol. The van der Waals surface area contributed by atoms with Crippen molar-refractivity contribution < 1.29 is 9.00 Å². The summed E-state index contributed by atoms with van der Waals surface area (Å²) in [6, 6.07) is 8.49. The Kier molecular flexibility index (Phi) is 2.23. The summed E-state index contributed by atoms with van der Waals surface area (Å²) in [5.41, 5.74) is 0.461. The van der Waals surface area contributed by atoms with Gasteiger partial charge in [0.2, 0.25) is 0 Å². The smallest absolute Gasteiger partial charge is 0.215 e. The van der Waals surface area contributed by atoms with E-state index in [1.807, 2.05) is 0 Å². The zero-order valence-electron chi connectivity index (χ0n) is 5.11. The lowest BCUT2D eigenvalue weighted by Gasteiger charge is -1.81. The van der Waals surface area contributed by atoms with Gasteiger partial charge in [-0.15, -0.1) is 0 Å². The summed E-state index contributed by atoms with van der Waals surface area (Å²) in [5, 5.41) is -0.430. The molecule has 0 aliphatic rings. The van der Waals surface area contributed by atoms with Gasteiger partial charge in [0, 0.05) is 4.21 Å². The molecular formula is C7H5O2S+. The van der Waals surface area contributed by atoms with Crippen molar-refractivity contribution in [1.29, 1.82) is 0 Å². The Balaban J connectivity index is 2.95. The standard InChI is InChI=1S/C7H5O2S/c8-7(10-9)6-4-2-1-3-5-6/h1-5H/q+1. The Morgan fingerprint density at radius 2 is 1.80 bits per heavy atom. The van der Waals surface area contributed by atoms with Crippen LogP contribution in [-0.2, 0) is 15.9 Å². The predicted octanol–water partition coefficient (Wildman–Crippen LogP) is 1.25. The SMILES string of the molecule is O=[S+]C(=O)c1ccccc1. The molecule has 0 saturated carbocycles. The number of hydrogen-bond donors (Lipinski definition) is 0. The van der Waals surface area contributed by atoms with Crippen LogP contribution < -0.4 is 0 Å². The Hall–Kier alpha value is -1.09. The van der Waals surface area contributed by atoms with Gasteiger partial charge in [-0.1, -0.05) is 18.2 Å². The van der Waals surface area contributed by atoms with E-state index in [0.717, 1.165) is 0 Å². The summed E-state index contributed by atoms with van der Waals surface area (Å²) < 4.78 is 10.00. The summed E-state index contributed by atoms with van der Waals surface area (Å²) >= 11 is -0.0110. The molecule has 0 aromatic heterocycles. The first-order valence-corrected chi connectivity index (χ1v) is 3.48. The van der Waals surface area contributed by atoms with Gasteiger partial charge < -0.3 is 0 Å². The fourth-order valence-corrected chi connectivity index (χ4v) is 0.855. The number of carbonyl (C=O) groups excluding carboxylic acids is 1. The van der Waals surface area contributed by atoms with E-state index >= 15 is 0 Å². The van der Waals surface area contributed by atoms with Crippen LogP contribution >= 0.6 is 0 Å². The monoisotopic (exact) mass is 153 g/mol. The Labute approximate surface area is 62.4 Å². The minimum absolute atomic E-state index is 0.0110. The molecule has 0 radical (unpaired) electrons. The van der Waals surface area contributed by atoms with Crippen LogP contribution in [0.1, 0.15) is 10.4 Å². The average Bonchev–Trinajstić information content (AvgIpc) is 2.05. The van der Waals surface area contributed by atoms with Gasteiger partial charge in [-0.25, -0.2) is 4.79 Å².